The number of hydrogen-bond acceptors (Lipinski definition) is 3. The molecule has 0 radical (unpaired) electrons. The molecule has 0 aliphatic heterocycles. The molecule has 0 aromatic heterocycles. The van der Waals surface area contributed by atoms with Crippen molar-refractivity contribution in [3.63, 3.8) is 0 Å². The molecule has 0 bridgehead atoms. The first-order chi connectivity index (χ1) is 8.34. The summed E-state index contributed by atoms with van der Waals surface area (Å²) in [6.45, 7) is 0. The monoisotopic (exact) mass is 260 g/mol. The Morgan fingerprint density at radius 3 is 2.50 bits per heavy atom. The number of nitrogens with zero attached hydrogens (tertiary/aromatic N) is 2. The van der Waals surface area contributed by atoms with Crippen LogP contribution in [0, 0.1) is 0 Å². The average molecular weight is 260 g/mol. The molecule has 1 aromatic carbocycles. The first-order valence-electron chi connectivity index (χ1n) is 4.72. The highest BCUT2D eigenvalue weighted by Gasteiger charge is 2.34. The smallest absolute Gasteiger partial charge is 0.419 e. The van der Waals surface area contributed by atoms with E-state index in [1.165, 1.54) is 12.1 Å². The van der Waals surface area contributed by atoms with Gasteiger partial charge in [0.15, 0.2) is 0 Å². The topological polar surface area (TPSA) is 86.0 Å². The Morgan fingerprint density at radius 2 is 2.00 bits per heavy atom. The molecule has 8 heteroatoms. The van der Waals surface area contributed by atoms with Gasteiger partial charge in [-0.2, -0.15) is 18.3 Å². The van der Waals surface area contributed by atoms with Crippen LogP contribution < -0.4 is 16.2 Å². The third-order valence-electron chi connectivity index (χ3n) is 1.91. The minimum Gasteiger partial charge on any atom is -0.496 e. The second-order valence-electron chi connectivity index (χ2n) is 3.23. The normalized spacial score (nSPS) is 11.6. The third-order valence-corrected chi connectivity index (χ3v) is 1.91. The van der Waals surface area contributed by atoms with Gasteiger partial charge < -0.3 is 16.2 Å². The van der Waals surface area contributed by atoms with Crippen LogP contribution in [0.3, 0.4) is 0 Å². The zero-order chi connectivity index (χ0) is 13.8. The molecule has 0 amide bonds. The number of halogens is 3. The lowest BCUT2D eigenvalue weighted by Crippen LogP contribution is -2.21. The van der Waals surface area contributed by atoms with E-state index in [-0.39, 0.29) is 17.3 Å². The summed E-state index contributed by atoms with van der Waals surface area (Å²) in [6.07, 6.45) is -3.40. The number of benzene rings is 1. The van der Waals surface area contributed by atoms with Gasteiger partial charge in [0, 0.05) is 0 Å². The molecule has 0 heterocycles. The SMILES string of the molecule is COc1ccc(/C=N/N=C(N)N)cc1C(F)(F)F. The summed E-state index contributed by atoms with van der Waals surface area (Å²) in [5.74, 6) is -0.544. The van der Waals surface area contributed by atoms with E-state index < -0.39 is 11.7 Å². The second-order valence-corrected chi connectivity index (χ2v) is 3.23. The van der Waals surface area contributed by atoms with Gasteiger partial charge in [0.05, 0.1) is 18.9 Å². The maximum atomic E-state index is 12.7. The van der Waals surface area contributed by atoms with E-state index in [1.807, 2.05) is 0 Å². The number of ether oxygens (including phenoxy) is 1. The first-order valence-corrected chi connectivity index (χ1v) is 4.72. The van der Waals surface area contributed by atoms with E-state index in [1.54, 1.807) is 0 Å². The molecule has 0 saturated carbocycles. The molecule has 0 saturated heterocycles. The molecular formula is C10H11F3N4O. The number of methoxy groups -OCH3 is 1. The standard InChI is InChI=1S/C10H11F3N4O/c1-18-8-3-2-6(5-16-17-9(14)15)4-7(8)10(11,12)13/h2-5H,1H3,(H4,14,15,17)/b16-5+. The Kier molecular flexibility index (Phi) is 4.13. The van der Waals surface area contributed by atoms with Crippen molar-refractivity contribution in [1.82, 2.24) is 0 Å². The van der Waals surface area contributed by atoms with Crippen molar-refractivity contribution in [3.8, 4) is 5.75 Å². The van der Waals surface area contributed by atoms with Gasteiger partial charge >= 0.3 is 6.18 Å². The van der Waals surface area contributed by atoms with Gasteiger partial charge in [-0.05, 0) is 23.8 Å². The quantitative estimate of drug-likeness (QED) is 0.488. The maximum Gasteiger partial charge on any atom is 0.419 e. The van der Waals surface area contributed by atoms with Gasteiger partial charge in [-0.15, -0.1) is 5.10 Å². The minimum atomic E-state index is -4.51. The molecule has 1 aromatic rings. The summed E-state index contributed by atoms with van der Waals surface area (Å²) in [5, 5.41) is 6.71. The lowest BCUT2D eigenvalue weighted by atomic mass is 10.1. The van der Waals surface area contributed by atoms with Crippen molar-refractivity contribution in [2.75, 3.05) is 7.11 Å². The second kappa shape index (κ2) is 5.39. The molecule has 5 nitrogen and oxygen atoms in total. The van der Waals surface area contributed by atoms with Crippen LogP contribution in [-0.4, -0.2) is 19.3 Å². The van der Waals surface area contributed by atoms with Crippen molar-refractivity contribution in [3.05, 3.63) is 29.3 Å². The third kappa shape index (κ3) is 3.65. The summed E-state index contributed by atoms with van der Waals surface area (Å²) in [6, 6.07) is 3.49. The van der Waals surface area contributed by atoms with Gasteiger partial charge in [0.25, 0.3) is 0 Å². The molecule has 4 N–H and O–H groups in total. The van der Waals surface area contributed by atoms with E-state index in [2.05, 4.69) is 14.9 Å². The fourth-order valence-electron chi connectivity index (χ4n) is 1.19. The zero-order valence-electron chi connectivity index (χ0n) is 9.40. The average Bonchev–Trinajstić information content (AvgIpc) is 2.27. The summed E-state index contributed by atoms with van der Waals surface area (Å²) in [5.41, 5.74) is 9.34. The Bertz CT molecular complexity index is 479. The lowest BCUT2D eigenvalue weighted by Gasteiger charge is -2.11. The Hall–Kier alpha value is -2.25. The maximum absolute atomic E-state index is 12.7. The van der Waals surface area contributed by atoms with Crippen LogP contribution in [0.5, 0.6) is 5.75 Å². The summed E-state index contributed by atoms with van der Waals surface area (Å²) >= 11 is 0. The lowest BCUT2D eigenvalue weighted by molar-refractivity contribution is -0.138. The predicted molar refractivity (Wildman–Crippen MR) is 61.4 cm³/mol. The highest BCUT2D eigenvalue weighted by atomic mass is 19.4. The van der Waals surface area contributed by atoms with Crippen molar-refractivity contribution in [2.24, 2.45) is 21.7 Å². The van der Waals surface area contributed by atoms with E-state index >= 15 is 0 Å². The van der Waals surface area contributed by atoms with Crippen LogP contribution in [0.25, 0.3) is 0 Å². The molecule has 0 unspecified atom stereocenters. The highest BCUT2D eigenvalue weighted by molar-refractivity contribution is 5.82. The van der Waals surface area contributed by atoms with Crippen LogP contribution in [0.1, 0.15) is 11.1 Å². The molecule has 18 heavy (non-hydrogen) atoms. The largest absolute Gasteiger partial charge is 0.496 e. The number of hydrogen-bond donors (Lipinski definition) is 2. The molecule has 0 spiro atoms. The molecule has 0 aliphatic carbocycles. The molecule has 98 valence electrons. The van der Waals surface area contributed by atoms with Crippen LogP contribution in [0.4, 0.5) is 13.2 Å². The van der Waals surface area contributed by atoms with Gasteiger partial charge in [0.2, 0.25) is 5.96 Å². The van der Waals surface area contributed by atoms with Gasteiger partial charge in [0.1, 0.15) is 5.75 Å². The Morgan fingerprint density at radius 1 is 1.33 bits per heavy atom. The fourth-order valence-corrected chi connectivity index (χ4v) is 1.19. The summed E-state index contributed by atoms with van der Waals surface area (Å²) < 4.78 is 42.7. The number of guanidine groups is 1. The van der Waals surface area contributed by atoms with E-state index in [9.17, 15) is 13.2 Å². The predicted octanol–water partition coefficient (Wildman–Crippen LogP) is 1.32. The van der Waals surface area contributed by atoms with Crippen LogP contribution in [0.15, 0.2) is 28.4 Å². The van der Waals surface area contributed by atoms with Crippen molar-refractivity contribution < 1.29 is 17.9 Å². The Balaban J connectivity index is 3.11. The number of nitrogens with two attached hydrogens (primary N) is 2. The summed E-state index contributed by atoms with van der Waals surface area (Å²) in [7, 11) is 1.16. The van der Waals surface area contributed by atoms with Gasteiger partial charge in [-0.1, -0.05) is 0 Å². The molecule has 0 aliphatic rings. The number of alkyl halides is 3. The Labute approximate surface area is 101 Å². The minimum absolute atomic E-state index is 0.202. The van der Waals surface area contributed by atoms with Gasteiger partial charge in [-0.25, -0.2) is 0 Å². The van der Waals surface area contributed by atoms with E-state index in [4.69, 9.17) is 11.5 Å². The van der Waals surface area contributed by atoms with E-state index in [0.717, 1.165) is 19.4 Å². The van der Waals surface area contributed by atoms with Gasteiger partial charge in [-0.3, -0.25) is 0 Å². The van der Waals surface area contributed by atoms with Crippen LogP contribution in [0.2, 0.25) is 0 Å². The van der Waals surface area contributed by atoms with E-state index in [0.29, 0.717) is 0 Å². The zero-order valence-corrected chi connectivity index (χ0v) is 9.40. The van der Waals surface area contributed by atoms with Crippen LogP contribution in [-0.2, 0) is 6.18 Å². The highest BCUT2D eigenvalue weighted by Crippen LogP contribution is 2.36. The van der Waals surface area contributed by atoms with Crippen molar-refractivity contribution in [2.45, 2.75) is 6.18 Å². The van der Waals surface area contributed by atoms with Crippen molar-refractivity contribution >= 4 is 12.2 Å². The number of rotatable bonds is 3. The first kappa shape index (κ1) is 13.8. The van der Waals surface area contributed by atoms with Crippen LogP contribution >= 0.6 is 0 Å². The van der Waals surface area contributed by atoms with Crippen molar-refractivity contribution in [1.29, 1.82) is 0 Å². The molecular weight excluding hydrogens is 249 g/mol. The fraction of sp³-hybridized carbons (Fsp3) is 0.200. The molecule has 1 rings (SSSR count). The molecule has 0 fully saturated rings. The summed E-state index contributed by atoms with van der Waals surface area (Å²) in [4.78, 5) is 0. The molecule has 0 atom stereocenters.